The van der Waals surface area contributed by atoms with Gasteiger partial charge in [0.05, 0.1) is 19.9 Å². The first-order valence-corrected chi connectivity index (χ1v) is 7.91. The molecule has 2 rings (SSSR count). The number of methoxy groups -OCH3 is 2. The smallest absolute Gasteiger partial charge is 0.251 e. The second kappa shape index (κ2) is 8.29. The molecule has 120 valence electrons. The first-order chi connectivity index (χ1) is 11.2. The highest BCUT2D eigenvalue weighted by molar-refractivity contribution is 8.02. The van der Waals surface area contributed by atoms with Crippen molar-refractivity contribution < 1.29 is 14.3 Å². The summed E-state index contributed by atoms with van der Waals surface area (Å²) in [5.74, 6) is 1.14. The molecule has 0 aliphatic heterocycles. The van der Waals surface area contributed by atoms with Crippen LogP contribution in [0.15, 0.2) is 64.9 Å². The van der Waals surface area contributed by atoms with E-state index in [-0.39, 0.29) is 5.91 Å². The highest BCUT2D eigenvalue weighted by Crippen LogP contribution is 2.31. The van der Waals surface area contributed by atoms with E-state index in [9.17, 15) is 4.79 Å². The third kappa shape index (κ3) is 4.53. The lowest BCUT2D eigenvalue weighted by Gasteiger charge is -2.19. The van der Waals surface area contributed by atoms with Crippen LogP contribution in [0.4, 0.5) is 5.69 Å². The Balaban J connectivity index is 2.07. The van der Waals surface area contributed by atoms with Crippen LogP contribution in [-0.2, 0) is 4.79 Å². The van der Waals surface area contributed by atoms with Crippen LogP contribution in [-0.4, -0.2) is 27.2 Å². The summed E-state index contributed by atoms with van der Waals surface area (Å²) in [6.45, 7) is 0. The van der Waals surface area contributed by atoms with Gasteiger partial charge in [-0.05, 0) is 29.7 Å². The van der Waals surface area contributed by atoms with Crippen molar-refractivity contribution in [2.24, 2.45) is 0 Å². The minimum absolute atomic E-state index is 0.128. The molecule has 0 heterocycles. The average Bonchev–Trinajstić information content (AvgIpc) is 2.61. The number of ether oxygens (including phenoxy) is 2. The molecule has 0 fully saturated rings. The summed E-state index contributed by atoms with van der Waals surface area (Å²) in [7, 11) is 4.87. The predicted molar refractivity (Wildman–Crippen MR) is 94.4 cm³/mol. The minimum atomic E-state index is -0.128. The number of rotatable bonds is 6. The molecule has 0 atom stereocenters. The highest BCUT2D eigenvalue weighted by atomic mass is 32.2. The number of amides is 1. The molecular formula is C18H19NO3S. The van der Waals surface area contributed by atoms with Crippen LogP contribution < -0.4 is 14.4 Å². The predicted octanol–water partition coefficient (Wildman–Crippen LogP) is 3.97. The van der Waals surface area contributed by atoms with Crippen LogP contribution in [0.3, 0.4) is 0 Å². The van der Waals surface area contributed by atoms with Gasteiger partial charge in [0.2, 0.25) is 0 Å². The maximum absolute atomic E-state index is 12.3. The Morgan fingerprint density at radius 3 is 2.48 bits per heavy atom. The zero-order valence-electron chi connectivity index (χ0n) is 13.4. The topological polar surface area (TPSA) is 38.8 Å². The van der Waals surface area contributed by atoms with Crippen LogP contribution in [0.25, 0.3) is 0 Å². The fraction of sp³-hybridized carbons (Fsp3) is 0.167. The van der Waals surface area contributed by atoms with Gasteiger partial charge in [0, 0.05) is 24.1 Å². The Morgan fingerprint density at radius 1 is 1.09 bits per heavy atom. The Morgan fingerprint density at radius 2 is 1.83 bits per heavy atom. The average molecular weight is 329 g/mol. The maximum atomic E-state index is 12.3. The number of carbonyl (C=O) groups excluding carboxylic acids is 1. The molecule has 0 aliphatic rings. The van der Waals surface area contributed by atoms with Crippen LogP contribution in [0.5, 0.6) is 11.5 Å². The van der Waals surface area contributed by atoms with E-state index in [0.29, 0.717) is 17.2 Å². The van der Waals surface area contributed by atoms with Gasteiger partial charge in [-0.1, -0.05) is 30.0 Å². The van der Waals surface area contributed by atoms with Gasteiger partial charge in [-0.2, -0.15) is 0 Å². The molecule has 2 aromatic carbocycles. The molecule has 0 aromatic heterocycles. The molecular weight excluding hydrogens is 310 g/mol. The Hall–Kier alpha value is -2.40. The van der Waals surface area contributed by atoms with E-state index in [2.05, 4.69) is 0 Å². The first kappa shape index (κ1) is 17.0. The van der Waals surface area contributed by atoms with Gasteiger partial charge in [0.25, 0.3) is 5.91 Å². The highest BCUT2D eigenvalue weighted by Gasteiger charge is 2.13. The largest absolute Gasteiger partial charge is 0.497 e. The fourth-order valence-corrected chi connectivity index (χ4v) is 2.62. The molecule has 0 bridgehead atoms. The van der Waals surface area contributed by atoms with E-state index in [4.69, 9.17) is 9.47 Å². The van der Waals surface area contributed by atoms with Crippen molar-refractivity contribution in [2.75, 3.05) is 26.2 Å². The lowest BCUT2D eigenvalue weighted by Crippen LogP contribution is -2.24. The molecule has 0 aliphatic carbocycles. The van der Waals surface area contributed by atoms with E-state index in [1.165, 1.54) is 11.8 Å². The number of hydrogen-bond donors (Lipinski definition) is 0. The van der Waals surface area contributed by atoms with Crippen molar-refractivity contribution >= 4 is 23.4 Å². The van der Waals surface area contributed by atoms with Crippen LogP contribution in [0.2, 0.25) is 0 Å². The summed E-state index contributed by atoms with van der Waals surface area (Å²) in [5.41, 5.74) is 0.688. The van der Waals surface area contributed by atoms with E-state index in [1.807, 2.05) is 30.3 Å². The molecule has 1 amide bonds. The van der Waals surface area contributed by atoms with Crippen molar-refractivity contribution in [3.8, 4) is 11.5 Å². The van der Waals surface area contributed by atoms with Crippen molar-refractivity contribution in [1.29, 1.82) is 0 Å². The third-order valence-corrected chi connectivity index (χ3v) is 4.05. The second-order valence-corrected chi connectivity index (χ2v) is 5.65. The van der Waals surface area contributed by atoms with Gasteiger partial charge in [-0.15, -0.1) is 0 Å². The van der Waals surface area contributed by atoms with Gasteiger partial charge >= 0.3 is 0 Å². The fourth-order valence-electron chi connectivity index (χ4n) is 1.96. The van der Waals surface area contributed by atoms with Gasteiger partial charge in [0.15, 0.2) is 0 Å². The molecule has 0 unspecified atom stereocenters. The van der Waals surface area contributed by atoms with Crippen molar-refractivity contribution in [1.82, 2.24) is 0 Å². The lowest BCUT2D eigenvalue weighted by atomic mass is 10.2. The Labute approximate surface area is 140 Å². The van der Waals surface area contributed by atoms with Gasteiger partial charge < -0.3 is 14.4 Å². The summed E-state index contributed by atoms with van der Waals surface area (Å²) in [6.07, 6.45) is 1.54. The van der Waals surface area contributed by atoms with Crippen LogP contribution in [0.1, 0.15) is 0 Å². The molecule has 4 nitrogen and oxygen atoms in total. The molecule has 0 N–H and O–H groups in total. The molecule has 0 radical (unpaired) electrons. The number of hydrogen-bond acceptors (Lipinski definition) is 4. The third-order valence-electron chi connectivity index (χ3n) is 3.24. The zero-order valence-corrected chi connectivity index (χ0v) is 14.2. The summed E-state index contributed by atoms with van der Waals surface area (Å²) < 4.78 is 10.5. The van der Waals surface area contributed by atoms with Crippen LogP contribution in [0, 0.1) is 0 Å². The van der Waals surface area contributed by atoms with E-state index in [1.54, 1.807) is 55.9 Å². The molecule has 0 saturated carbocycles. The van der Waals surface area contributed by atoms with Gasteiger partial charge in [-0.25, -0.2) is 0 Å². The first-order valence-electron chi connectivity index (χ1n) is 7.03. The number of nitrogens with zero attached hydrogens (tertiary/aromatic N) is 1. The maximum Gasteiger partial charge on any atom is 0.251 e. The van der Waals surface area contributed by atoms with E-state index >= 15 is 0 Å². The Bertz CT molecular complexity index is 686. The summed E-state index contributed by atoms with van der Waals surface area (Å²) in [6, 6.07) is 15.2. The molecule has 2 aromatic rings. The molecule has 0 saturated heterocycles. The minimum Gasteiger partial charge on any atom is -0.497 e. The Kier molecular flexibility index (Phi) is 6.11. The van der Waals surface area contributed by atoms with Crippen molar-refractivity contribution in [3.63, 3.8) is 0 Å². The number of thioether (sulfide) groups is 1. The lowest BCUT2D eigenvalue weighted by molar-refractivity contribution is -0.113. The number of anilines is 1. The van der Waals surface area contributed by atoms with E-state index < -0.39 is 0 Å². The van der Waals surface area contributed by atoms with Crippen molar-refractivity contribution in [3.05, 3.63) is 60.0 Å². The summed E-state index contributed by atoms with van der Waals surface area (Å²) in [4.78, 5) is 14.9. The van der Waals surface area contributed by atoms with Crippen molar-refractivity contribution in [2.45, 2.75) is 4.90 Å². The monoisotopic (exact) mass is 329 g/mol. The van der Waals surface area contributed by atoms with E-state index in [0.717, 1.165) is 4.90 Å². The van der Waals surface area contributed by atoms with Gasteiger partial charge in [0.1, 0.15) is 11.5 Å². The summed E-state index contributed by atoms with van der Waals surface area (Å²) >= 11 is 1.50. The standard InChI is InChI=1S/C18H19NO3S/c1-19(16-10-9-14(21-2)13-17(16)22-3)18(20)11-12-23-15-7-5-4-6-8-15/h4-13H,1-3H3/b12-11+. The molecule has 0 spiro atoms. The van der Waals surface area contributed by atoms with Crippen LogP contribution >= 0.6 is 11.8 Å². The number of benzene rings is 2. The van der Waals surface area contributed by atoms with Gasteiger partial charge in [-0.3, -0.25) is 4.79 Å². The zero-order chi connectivity index (χ0) is 16.7. The second-order valence-electron chi connectivity index (χ2n) is 4.67. The molecule has 23 heavy (non-hydrogen) atoms. The SMILES string of the molecule is COc1ccc(N(C)C(=O)/C=C/Sc2ccccc2)c(OC)c1. The normalized spacial score (nSPS) is 10.6. The number of carbonyl (C=O) groups is 1. The summed E-state index contributed by atoms with van der Waals surface area (Å²) in [5, 5.41) is 1.78. The quantitative estimate of drug-likeness (QED) is 0.594. The number of likely N-dealkylation sites (N-methyl/N-ethyl adjacent to an activating group) is 1. The molecule has 5 heteroatoms.